The van der Waals surface area contributed by atoms with Crippen LogP contribution in [0.1, 0.15) is 44.0 Å². The van der Waals surface area contributed by atoms with Crippen LogP contribution >= 0.6 is 0 Å². The van der Waals surface area contributed by atoms with E-state index in [0.717, 1.165) is 17.7 Å². The summed E-state index contributed by atoms with van der Waals surface area (Å²) in [5.74, 6) is 1.50. The van der Waals surface area contributed by atoms with Crippen molar-refractivity contribution in [3.8, 4) is 5.75 Å². The van der Waals surface area contributed by atoms with Gasteiger partial charge in [0.05, 0.1) is 6.61 Å². The molecule has 0 fully saturated rings. The molecule has 1 rings (SSSR count). The highest BCUT2D eigenvalue weighted by molar-refractivity contribution is 5.96. The first-order chi connectivity index (χ1) is 7.67. The van der Waals surface area contributed by atoms with E-state index in [1.165, 1.54) is 0 Å². The van der Waals surface area contributed by atoms with Crippen molar-refractivity contribution in [1.29, 1.82) is 0 Å². The van der Waals surface area contributed by atoms with Crippen LogP contribution in [0.15, 0.2) is 24.3 Å². The van der Waals surface area contributed by atoms with Gasteiger partial charge >= 0.3 is 0 Å². The molecule has 0 saturated heterocycles. The standard InChI is InChI=1S/C14H20O2/c1-4-11(3)10-14(15)12-6-8-13(9-7-12)16-5-2/h6-9,11H,4-5,10H2,1-3H3/t11-/m0/s1. The van der Waals surface area contributed by atoms with Gasteiger partial charge < -0.3 is 4.74 Å². The predicted molar refractivity (Wildman–Crippen MR) is 66.0 cm³/mol. The molecule has 0 bridgehead atoms. The molecular formula is C14H20O2. The third-order valence-electron chi connectivity index (χ3n) is 2.72. The van der Waals surface area contributed by atoms with Crippen molar-refractivity contribution in [3.05, 3.63) is 29.8 Å². The second-order valence-electron chi connectivity index (χ2n) is 4.10. The van der Waals surface area contributed by atoms with Gasteiger partial charge in [0.15, 0.2) is 5.78 Å². The Hall–Kier alpha value is -1.31. The molecule has 0 radical (unpaired) electrons. The summed E-state index contributed by atoms with van der Waals surface area (Å²) in [6, 6.07) is 7.39. The molecule has 0 spiro atoms. The Balaban J connectivity index is 2.63. The minimum absolute atomic E-state index is 0.220. The van der Waals surface area contributed by atoms with Gasteiger partial charge in [-0.05, 0) is 37.1 Å². The summed E-state index contributed by atoms with van der Waals surface area (Å²) < 4.78 is 5.33. The van der Waals surface area contributed by atoms with Gasteiger partial charge in [-0.15, -0.1) is 0 Å². The summed E-state index contributed by atoms with van der Waals surface area (Å²) in [7, 11) is 0. The predicted octanol–water partition coefficient (Wildman–Crippen LogP) is 3.70. The molecule has 0 aromatic heterocycles. The molecule has 2 heteroatoms. The summed E-state index contributed by atoms with van der Waals surface area (Å²) in [4.78, 5) is 11.8. The Bertz CT molecular complexity index is 327. The molecule has 0 aliphatic carbocycles. The smallest absolute Gasteiger partial charge is 0.163 e. The highest BCUT2D eigenvalue weighted by Crippen LogP contribution is 2.16. The van der Waals surface area contributed by atoms with Gasteiger partial charge in [0.1, 0.15) is 5.75 Å². The largest absolute Gasteiger partial charge is 0.494 e. The monoisotopic (exact) mass is 220 g/mol. The number of carbonyl (C=O) groups is 1. The van der Waals surface area contributed by atoms with Crippen LogP contribution in [0.3, 0.4) is 0 Å². The molecule has 1 atom stereocenters. The van der Waals surface area contributed by atoms with Crippen molar-refractivity contribution in [2.75, 3.05) is 6.61 Å². The van der Waals surface area contributed by atoms with E-state index < -0.39 is 0 Å². The van der Waals surface area contributed by atoms with Crippen LogP contribution < -0.4 is 4.74 Å². The Morgan fingerprint density at radius 1 is 1.25 bits per heavy atom. The fourth-order valence-electron chi connectivity index (χ4n) is 1.48. The first-order valence-corrected chi connectivity index (χ1v) is 5.93. The molecule has 1 aromatic carbocycles. The molecule has 0 heterocycles. The van der Waals surface area contributed by atoms with Gasteiger partial charge in [-0.2, -0.15) is 0 Å². The summed E-state index contributed by atoms with van der Waals surface area (Å²) in [5, 5.41) is 0. The maximum atomic E-state index is 11.8. The zero-order valence-corrected chi connectivity index (χ0v) is 10.3. The number of hydrogen-bond donors (Lipinski definition) is 0. The van der Waals surface area contributed by atoms with E-state index in [9.17, 15) is 4.79 Å². The van der Waals surface area contributed by atoms with Crippen LogP contribution in [-0.2, 0) is 0 Å². The third kappa shape index (κ3) is 3.69. The Kier molecular flexibility index (Phi) is 5.03. The quantitative estimate of drug-likeness (QED) is 0.683. The number of hydrogen-bond acceptors (Lipinski definition) is 2. The van der Waals surface area contributed by atoms with E-state index in [0.29, 0.717) is 18.9 Å². The lowest BCUT2D eigenvalue weighted by Crippen LogP contribution is -2.05. The average molecular weight is 220 g/mol. The molecule has 0 aliphatic heterocycles. The van der Waals surface area contributed by atoms with Crippen LogP contribution in [0, 0.1) is 5.92 Å². The van der Waals surface area contributed by atoms with Gasteiger partial charge in [0.2, 0.25) is 0 Å². The third-order valence-corrected chi connectivity index (χ3v) is 2.72. The number of ether oxygens (including phenoxy) is 1. The lowest BCUT2D eigenvalue weighted by Gasteiger charge is -2.08. The van der Waals surface area contributed by atoms with Crippen molar-refractivity contribution in [2.24, 2.45) is 5.92 Å². The van der Waals surface area contributed by atoms with Crippen molar-refractivity contribution in [1.82, 2.24) is 0 Å². The normalized spacial score (nSPS) is 12.2. The molecule has 0 N–H and O–H groups in total. The van der Waals surface area contributed by atoms with Crippen LogP contribution in [-0.4, -0.2) is 12.4 Å². The molecule has 0 amide bonds. The number of rotatable bonds is 6. The van der Waals surface area contributed by atoms with Crippen molar-refractivity contribution in [2.45, 2.75) is 33.6 Å². The first-order valence-electron chi connectivity index (χ1n) is 5.93. The molecule has 88 valence electrons. The molecule has 16 heavy (non-hydrogen) atoms. The lowest BCUT2D eigenvalue weighted by molar-refractivity contribution is 0.0963. The summed E-state index contributed by atoms with van der Waals surface area (Å²) in [6.07, 6.45) is 1.67. The highest BCUT2D eigenvalue weighted by atomic mass is 16.5. The van der Waals surface area contributed by atoms with E-state index in [-0.39, 0.29) is 5.78 Å². The van der Waals surface area contributed by atoms with Gasteiger partial charge in [-0.1, -0.05) is 20.3 Å². The minimum atomic E-state index is 0.220. The molecule has 2 nitrogen and oxygen atoms in total. The summed E-state index contributed by atoms with van der Waals surface area (Å²) in [5.41, 5.74) is 0.781. The molecule has 0 aliphatic rings. The van der Waals surface area contributed by atoms with E-state index in [2.05, 4.69) is 13.8 Å². The Morgan fingerprint density at radius 3 is 2.38 bits per heavy atom. The van der Waals surface area contributed by atoms with Gasteiger partial charge in [-0.3, -0.25) is 4.79 Å². The molecular weight excluding hydrogens is 200 g/mol. The Labute approximate surface area is 97.6 Å². The second-order valence-corrected chi connectivity index (χ2v) is 4.10. The molecule has 0 unspecified atom stereocenters. The fraction of sp³-hybridized carbons (Fsp3) is 0.500. The van der Waals surface area contributed by atoms with E-state index in [1.807, 2.05) is 31.2 Å². The van der Waals surface area contributed by atoms with Crippen molar-refractivity contribution < 1.29 is 9.53 Å². The van der Waals surface area contributed by atoms with E-state index in [4.69, 9.17) is 4.74 Å². The first kappa shape index (κ1) is 12.8. The number of carbonyl (C=O) groups excluding carboxylic acids is 1. The van der Waals surface area contributed by atoms with Crippen LogP contribution in [0.2, 0.25) is 0 Å². The number of Topliss-reactive ketones (excluding diaryl/α,β-unsaturated/α-hetero) is 1. The van der Waals surface area contributed by atoms with Gasteiger partial charge in [0, 0.05) is 12.0 Å². The maximum Gasteiger partial charge on any atom is 0.163 e. The molecule has 1 aromatic rings. The number of benzene rings is 1. The van der Waals surface area contributed by atoms with E-state index >= 15 is 0 Å². The summed E-state index contributed by atoms with van der Waals surface area (Å²) in [6.45, 7) is 6.81. The zero-order chi connectivity index (χ0) is 12.0. The average Bonchev–Trinajstić information content (AvgIpc) is 2.30. The Morgan fingerprint density at radius 2 is 1.88 bits per heavy atom. The molecule has 0 saturated carbocycles. The van der Waals surface area contributed by atoms with Crippen molar-refractivity contribution in [3.63, 3.8) is 0 Å². The van der Waals surface area contributed by atoms with Crippen molar-refractivity contribution >= 4 is 5.78 Å². The van der Waals surface area contributed by atoms with Gasteiger partial charge in [0.25, 0.3) is 0 Å². The minimum Gasteiger partial charge on any atom is -0.494 e. The topological polar surface area (TPSA) is 26.3 Å². The van der Waals surface area contributed by atoms with Gasteiger partial charge in [-0.25, -0.2) is 0 Å². The van der Waals surface area contributed by atoms with Crippen LogP contribution in [0.25, 0.3) is 0 Å². The van der Waals surface area contributed by atoms with E-state index in [1.54, 1.807) is 0 Å². The number of ketones is 1. The fourth-order valence-corrected chi connectivity index (χ4v) is 1.48. The maximum absolute atomic E-state index is 11.8. The zero-order valence-electron chi connectivity index (χ0n) is 10.3. The lowest BCUT2D eigenvalue weighted by atomic mass is 9.98. The van der Waals surface area contributed by atoms with Crippen LogP contribution in [0.4, 0.5) is 0 Å². The van der Waals surface area contributed by atoms with Crippen LogP contribution in [0.5, 0.6) is 5.75 Å². The summed E-state index contributed by atoms with van der Waals surface area (Å²) >= 11 is 0. The second kappa shape index (κ2) is 6.31. The SMILES string of the molecule is CCOc1ccc(C(=O)C[C@@H](C)CC)cc1. The highest BCUT2D eigenvalue weighted by Gasteiger charge is 2.09.